The van der Waals surface area contributed by atoms with E-state index in [1.165, 1.54) is 24.3 Å². The van der Waals surface area contributed by atoms with Crippen LogP contribution in [0.15, 0.2) is 24.3 Å². The number of nitrogens with one attached hydrogen (secondary N) is 1. The standard InChI is InChI=1S/C11H16N5O4P/c12-11(21-20)9(5-6-15(13)10(11)17)14-7-1-3-8(4-2-7)16(18)19/h1-4,9,14H,5-6,12-13,21H2/t9?,11-/m0/s1. The number of amides is 1. The summed E-state index contributed by atoms with van der Waals surface area (Å²) in [6, 6.07) is 5.16. The quantitative estimate of drug-likeness (QED) is 0.231. The Kier molecular flexibility index (Phi) is 4.26. The van der Waals surface area contributed by atoms with Crippen molar-refractivity contribution in [2.45, 2.75) is 17.7 Å². The molecule has 5 N–H and O–H groups in total. The van der Waals surface area contributed by atoms with E-state index in [1.807, 2.05) is 0 Å². The Hall–Kier alpha value is -1.96. The number of piperidine rings is 1. The smallest absolute Gasteiger partial charge is 0.269 e. The van der Waals surface area contributed by atoms with Crippen molar-refractivity contribution in [2.24, 2.45) is 11.6 Å². The lowest BCUT2D eigenvalue weighted by Gasteiger charge is -2.40. The predicted molar refractivity (Wildman–Crippen MR) is 78.3 cm³/mol. The van der Waals surface area contributed by atoms with Gasteiger partial charge >= 0.3 is 0 Å². The minimum absolute atomic E-state index is 0.0399. The number of carbonyl (C=O) groups excluding carboxylic acids is 1. The summed E-state index contributed by atoms with van der Waals surface area (Å²) >= 11 is 0. The number of benzene rings is 1. The van der Waals surface area contributed by atoms with Crippen molar-refractivity contribution in [3.63, 3.8) is 0 Å². The lowest BCUT2D eigenvalue weighted by atomic mass is 9.99. The number of carbonyl (C=O) groups is 1. The van der Waals surface area contributed by atoms with E-state index in [9.17, 15) is 19.5 Å². The first kappa shape index (κ1) is 15.4. The number of non-ortho nitro benzene ring substituents is 1. The molecule has 1 amide bonds. The van der Waals surface area contributed by atoms with Gasteiger partial charge in [0.2, 0.25) is 0 Å². The third kappa shape index (κ3) is 2.90. The maximum absolute atomic E-state index is 12.0. The number of hydrogen-bond donors (Lipinski definition) is 3. The normalized spacial score (nSPS) is 26.3. The number of anilines is 1. The molecule has 0 aromatic heterocycles. The molecule has 10 heteroatoms. The maximum Gasteiger partial charge on any atom is 0.269 e. The molecular weight excluding hydrogens is 297 g/mol. The number of rotatable bonds is 4. The van der Waals surface area contributed by atoms with Crippen molar-refractivity contribution >= 4 is 25.7 Å². The molecule has 2 unspecified atom stereocenters. The topological polar surface area (TPSA) is 145 Å². The summed E-state index contributed by atoms with van der Waals surface area (Å²) in [4.78, 5) is 22.1. The van der Waals surface area contributed by atoms with E-state index in [0.717, 1.165) is 5.01 Å². The number of nitro benzene ring substituents is 1. The van der Waals surface area contributed by atoms with Crippen LogP contribution in [-0.2, 0) is 9.36 Å². The first-order valence-corrected chi connectivity index (χ1v) is 7.26. The van der Waals surface area contributed by atoms with Crippen molar-refractivity contribution in [2.75, 3.05) is 11.9 Å². The Balaban J connectivity index is 2.19. The number of nitrogens with zero attached hydrogens (tertiary/aromatic N) is 2. The Labute approximate surface area is 121 Å². The first-order valence-electron chi connectivity index (χ1n) is 6.21. The van der Waals surface area contributed by atoms with Gasteiger partial charge in [-0.15, -0.1) is 0 Å². The highest BCUT2D eigenvalue weighted by Crippen LogP contribution is 2.31. The van der Waals surface area contributed by atoms with E-state index in [2.05, 4.69) is 5.32 Å². The van der Waals surface area contributed by atoms with Crippen molar-refractivity contribution in [3.05, 3.63) is 34.4 Å². The van der Waals surface area contributed by atoms with Crippen LogP contribution in [0.25, 0.3) is 0 Å². The van der Waals surface area contributed by atoms with Gasteiger partial charge in [-0.25, -0.2) is 5.84 Å². The Morgan fingerprint density at radius 2 is 2.05 bits per heavy atom. The van der Waals surface area contributed by atoms with E-state index in [0.29, 0.717) is 18.7 Å². The van der Waals surface area contributed by atoms with Crippen molar-refractivity contribution in [1.82, 2.24) is 5.01 Å². The second kappa shape index (κ2) is 5.80. The average molecular weight is 313 g/mol. The molecule has 1 heterocycles. The van der Waals surface area contributed by atoms with Crippen LogP contribution >= 0.6 is 8.46 Å². The molecule has 0 aliphatic carbocycles. The summed E-state index contributed by atoms with van der Waals surface area (Å²) in [6.45, 7) is 0.294. The van der Waals surface area contributed by atoms with Gasteiger partial charge in [-0.3, -0.25) is 19.9 Å². The van der Waals surface area contributed by atoms with Gasteiger partial charge in [-0.1, -0.05) is 0 Å². The van der Waals surface area contributed by atoms with Gasteiger partial charge in [0.1, 0.15) is 0 Å². The molecule has 1 aliphatic heterocycles. The zero-order valence-corrected chi connectivity index (χ0v) is 12.2. The Bertz CT molecular complexity index is 580. The summed E-state index contributed by atoms with van der Waals surface area (Å²) in [5.74, 6) is 4.94. The minimum Gasteiger partial charge on any atom is -0.379 e. The van der Waals surface area contributed by atoms with Crippen LogP contribution in [-0.4, -0.2) is 33.7 Å². The molecule has 0 spiro atoms. The van der Waals surface area contributed by atoms with Gasteiger partial charge in [0.05, 0.1) is 19.4 Å². The van der Waals surface area contributed by atoms with Gasteiger partial charge in [-0.05, 0) is 18.6 Å². The molecule has 9 nitrogen and oxygen atoms in total. The van der Waals surface area contributed by atoms with Gasteiger partial charge in [0.15, 0.2) is 5.28 Å². The highest BCUT2D eigenvalue weighted by molar-refractivity contribution is 7.27. The molecule has 0 bridgehead atoms. The van der Waals surface area contributed by atoms with Crippen LogP contribution in [0.2, 0.25) is 0 Å². The van der Waals surface area contributed by atoms with Crippen LogP contribution in [0.5, 0.6) is 0 Å². The molecule has 1 aliphatic rings. The van der Waals surface area contributed by atoms with E-state index < -0.39 is 30.6 Å². The number of nitrogens with two attached hydrogens (primary N) is 2. The predicted octanol–water partition coefficient (Wildman–Crippen LogP) is -0.107. The Morgan fingerprint density at radius 3 is 2.57 bits per heavy atom. The number of hydrogen-bond acceptors (Lipinski definition) is 7. The molecule has 0 saturated carbocycles. The highest BCUT2D eigenvalue weighted by atomic mass is 31.1. The molecular formula is C11H16N5O4P. The molecule has 3 atom stereocenters. The molecule has 114 valence electrons. The fourth-order valence-corrected chi connectivity index (χ4v) is 2.89. The lowest BCUT2D eigenvalue weighted by molar-refractivity contribution is -0.384. The minimum atomic E-state index is -1.58. The largest absolute Gasteiger partial charge is 0.379 e. The van der Waals surface area contributed by atoms with Crippen molar-refractivity contribution < 1.29 is 14.3 Å². The molecule has 1 saturated heterocycles. The molecule has 1 fully saturated rings. The van der Waals surface area contributed by atoms with Crippen LogP contribution < -0.4 is 16.9 Å². The average Bonchev–Trinajstić information content (AvgIpc) is 2.48. The van der Waals surface area contributed by atoms with E-state index in [1.54, 1.807) is 0 Å². The Morgan fingerprint density at radius 1 is 1.43 bits per heavy atom. The molecule has 1 aromatic rings. The van der Waals surface area contributed by atoms with Crippen molar-refractivity contribution in [1.29, 1.82) is 0 Å². The van der Waals surface area contributed by atoms with Crippen LogP contribution in [0, 0.1) is 10.1 Å². The summed E-state index contributed by atoms with van der Waals surface area (Å²) in [5, 5.41) is 13.0. The third-order valence-electron chi connectivity index (χ3n) is 3.48. The summed E-state index contributed by atoms with van der Waals surface area (Å²) in [5.41, 5.74) is 6.47. The van der Waals surface area contributed by atoms with E-state index in [4.69, 9.17) is 11.6 Å². The van der Waals surface area contributed by atoms with Gasteiger partial charge in [-0.2, -0.15) is 0 Å². The molecule has 2 rings (SSSR count). The maximum atomic E-state index is 12.0. The van der Waals surface area contributed by atoms with Crippen LogP contribution in [0.1, 0.15) is 6.42 Å². The summed E-state index contributed by atoms with van der Waals surface area (Å²) in [7, 11) is -1.58. The van der Waals surface area contributed by atoms with Gasteiger partial charge in [0.25, 0.3) is 11.6 Å². The number of hydrazine groups is 1. The zero-order chi connectivity index (χ0) is 15.6. The van der Waals surface area contributed by atoms with E-state index in [-0.39, 0.29) is 5.69 Å². The van der Waals surface area contributed by atoms with Gasteiger partial charge < -0.3 is 15.6 Å². The second-order valence-electron chi connectivity index (χ2n) is 4.84. The lowest BCUT2D eigenvalue weighted by Crippen LogP contribution is -2.66. The summed E-state index contributed by atoms with van der Waals surface area (Å²) in [6.07, 6.45) is 0.435. The van der Waals surface area contributed by atoms with Crippen LogP contribution in [0.3, 0.4) is 0 Å². The first-order chi connectivity index (χ1) is 9.88. The summed E-state index contributed by atoms with van der Waals surface area (Å²) < 4.78 is 11.4. The second-order valence-corrected chi connectivity index (χ2v) is 6.03. The van der Waals surface area contributed by atoms with E-state index >= 15 is 0 Å². The fraction of sp³-hybridized carbons (Fsp3) is 0.364. The van der Waals surface area contributed by atoms with Crippen LogP contribution in [0.4, 0.5) is 11.4 Å². The SMILES string of the molecule is NN1CCC(Nc2ccc([N+](=O)[O-])cc2)[C@](N)([PH2]=O)C1=O. The highest BCUT2D eigenvalue weighted by Gasteiger charge is 2.47. The zero-order valence-electron chi connectivity index (χ0n) is 11.1. The molecule has 1 aromatic carbocycles. The van der Waals surface area contributed by atoms with Crippen molar-refractivity contribution in [3.8, 4) is 0 Å². The fourth-order valence-electron chi connectivity index (χ4n) is 2.21. The third-order valence-corrected chi connectivity index (χ3v) is 4.52. The monoisotopic (exact) mass is 313 g/mol. The number of nitro groups is 1. The molecule has 21 heavy (non-hydrogen) atoms. The molecule has 0 radical (unpaired) electrons. The van der Waals surface area contributed by atoms with Gasteiger partial charge in [0, 0.05) is 24.4 Å².